The molecule has 0 saturated carbocycles. The molecule has 6 nitrogen and oxygen atoms in total. The highest BCUT2D eigenvalue weighted by Gasteiger charge is 2.21. The normalized spacial score (nSPS) is 11.5. The van der Waals surface area contributed by atoms with Crippen LogP contribution in [0.5, 0.6) is 0 Å². The fraction of sp³-hybridized carbons (Fsp3) is 0.130. The number of anilines is 2. The summed E-state index contributed by atoms with van der Waals surface area (Å²) in [4.78, 5) is 17.3. The van der Waals surface area contributed by atoms with Crippen molar-refractivity contribution >= 4 is 64.8 Å². The van der Waals surface area contributed by atoms with Gasteiger partial charge in [-0.05, 0) is 67.1 Å². The summed E-state index contributed by atoms with van der Waals surface area (Å²) in [6.45, 7) is 1.73. The molecule has 32 heavy (non-hydrogen) atoms. The van der Waals surface area contributed by atoms with Crippen LogP contribution in [0.4, 0.5) is 11.4 Å². The van der Waals surface area contributed by atoms with Crippen molar-refractivity contribution in [2.75, 3.05) is 22.4 Å². The van der Waals surface area contributed by atoms with Crippen LogP contribution in [0.2, 0.25) is 0 Å². The van der Waals surface area contributed by atoms with Crippen LogP contribution in [0.25, 0.3) is 20.8 Å². The van der Waals surface area contributed by atoms with Crippen LogP contribution in [0, 0.1) is 6.92 Å². The highest BCUT2D eigenvalue weighted by atomic mass is 79.9. The molecule has 0 spiro atoms. The van der Waals surface area contributed by atoms with Gasteiger partial charge in [-0.15, -0.1) is 11.3 Å². The Morgan fingerprint density at radius 2 is 1.84 bits per heavy atom. The Morgan fingerprint density at radius 1 is 1.09 bits per heavy atom. The van der Waals surface area contributed by atoms with E-state index in [9.17, 15) is 13.2 Å². The van der Waals surface area contributed by atoms with Crippen LogP contribution < -0.4 is 9.62 Å². The zero-order valence-corrected chi connectivity index (χ0v) is 20.6. The number of carbonyl (C=O) groups excluding carboxylic acids is 1. The van der Waals surface area contributed by atoms with Crippen LogP contribution in [0.3, 0.4) is 0 Å². The van der Waals surface area contributed by atoms with Crippen molar-refractivity contribution in [1.82, 2.24) is 4.98 Å². The van der Waals surface area contributed by atoms with Gasteiger partial charge in [0, 0.05) is 15.7 Å². The first-order valence-electron chi connectivity index (χ1n) is 9.70. The van der Waals surface area contributed by atoms with Gasteiger partial charge in [0.15, 0.2) is 0 Å². The number of hydrogen-bond donors (Lipinski definition) is 1. The minimum atomic E-state index is -3.64. The van der Waals surface area contributed by atoms with Gasteiger partial charge in [-0.3, -0.25) is 9.10 Å². The average molecular weight is 530 g/mol. The lowest BCUT2D eigenvalue weighted by Gasteiger charge is -2.22. The average Bonchev–Trinajstić information content (AvgIpc) is 3.15. The summed E-state index contributed by atoms with van der Waals surface area (Å²) in [5.41, 5.74) is 4.10. The smallest absolute Gasteiger partial charge is 0.245 e. The van der Waals surface area contributed by atoms with Crippen molar-refractivity contribution in [3.05, 3.63) is 76.8 Å². The maximum atomic E-state index is 12.6. The largest absolute Gasteiger partial charge is 0.325 e. The van der Waals surface area contributed by atoms with Gasteiger partial charge in [0.2, 0.25) is 15.9 Å². The fourth-order valence-electron chi connectivity index (χ4n) is 3.21. The Hall–Kier alpha value is -2.75. The van der Waals surface area contributed by atoms with Gasteiger partial charge in [0.05, 0.1) is 22.2 Å². The van der Waals surface area contributed by atoms with Crippen molar-refractivity contribution in [3.8, 4) is 10.6 Å². The van der Waals surface area contributed by atoms with E-state index in [1.54, 1.807) is 47.7 Å². The number of fused-ring (bicyclic) bond motifs is 1. The number of aromatic nitrogens is 1. The number of carbonyl (C=O) groups is 1. The molecule has 0 aliphatic heterocycles. The molecule has 9 heteroatoms. The molecule has 0 aliphatic carbocycles. The third-order valence-corrected chi connectivity index (χ3v) is 7.44. The standard InChI is InChI=1S/C23H20BrN3O3S2/c1-15-6-11-20-21(12-15)31-23(26-20)16-7-9-18(10-8-16)25-22(28)14-27(32(2,29)30)19-5-3-4-17(24)13-19/h3-13H,14H2,1-2H3,(H,25,28). The van der Waals surface area contributed by atoms with Crippen molar-refractivity contribution in [2.45, 2.75) is 6.92 Å². The van der Waals surface area contributed by atoms with Gasteiger partial charge in [0.1, 0.15) is 11.6 Å². The number of hydrogen-bond acceptors (Lipinski definition) is 5. The fourth-order valence-corrected chi connectivity index (χ4v) is 5.52. The van der Waals surface area contributed by atoms with Gasteiger partial charge in [-0.2, -0.15) is 0 Å². The van der Waals surface area contributed by atoms with Crippen LogP contribution in [-0.4, -0.2) is 32.1 Å². The lowest BCUT2D eigenvalue weighted by atomic mass is 10.2. The molecule has 1 N–H and O–H groups in total. The summed E-state index contributed by atoms with van der Waals surface area (Å²) in [7, 11) is -3.64. The number of rotatable bonds is 6. The first-order valence-corrected chi connectivity index (χ1v) is 13.2. The lowest BCUT2D eigenvalue weighted by molar-refractivity contribution is -0.114. The number of sulfonamides is 1. The maximum Gasteiger partial charge on any atom is 0.245 e. The van der Waals surface area contributed by atoms with E-state index >= 15 is 0 Å². The summed E-state index contributed by atoms with van der Waals surface area (Å²) in [6, 6.07) is 20.3. The highest BCUT2D eigenvalue weighted by molar-refractivity contribution is 9.10. The predicted octanol–water partition coefficient (Wildman–Crippen LogP) is 5.44. The summed E-state index contributed by atoms with van der Waals surface area (Å²) >= 11 is 4.95. The number of nitrogens with zero attached hydrogens (tertiary/aromatic N) is 2. The molecular weight excluding hydrogens is 510 g/mol. The first-order chi connectivity index (χ1) is 15.2. The van der Waals surface area contributed by atoms with E-state index in [-0.39, 0.29) is 6.54 Å². The molecule has 4 rings (SSSR count). The molecule has 0 atom stereocenters. The van der Waals surface area contributed by atoms with Gasteiger partial charge >= 0.3 is 0 Å². The SMILES string of the molecule is Cc1ccc2nc(-c3ccc(NC(=O)CN(c4cccc(Br)c4)S(C)(=O)=O)cc3)sc2c1. The van der Waals surface area contributed by atoms with Crippen LogP contribution in [-0.2, 0) is 14.8 Å². The number of benzene rings is 3. The second-order valence-electron chi connectivity index (χ2n) is 7.37. The van der Waals surface area contributed by atoms with E-state index in [0.717, 1.165) is 35.8 Å². The number of halogens is 1. The second kappa shape index (κ2) is 9.01. The monoisotopic (exact) mass is 529 g/mol. The van der Waals surface area contributed by atoms with Gasteiger partial charge in [0.25, 0.3) is 0 Å². The van der Waals surface area contributed by atoms with Gasteiger partial charge < -0.3 is 5.32 Å². The summed E-state index contributed by atoms with van der Waals surface area (Å²) in [5.74, 6) is -0.432. The van der Waals surface area contributed by atoms with E-state index in [1.807, 2.05) is 24.3 Å². The number of thiazole rings is 1. The Morgan fingerprint density at radius 3 is 2.53 bits per heavy atom. The maximum absolute atomic E-state index is 12.6. The zero-order valence-electron chi connectivity index (χ0n) is 17.4. The molecule has 3 aromatic carbocycles. The number of amides is 1. The minimum absolute atomic E-state index is 0.325. The van der Waals surface area contributed by atoms with Crippen molar-refractivity contribution in [2.24, 2.45) is 0 Å². The molecule has 0 bridgehead atoms. The third-order valence-electron chi connectivity index (χ3n) is 4.74. The highest BCUT2D eigenvalue weighted by Crippen LogP contribution is 2.31. The molecule has 1 heterocycles. The number of aryl methyl sites for hydroxylation is 1. The molecular formula is C23H20BrN3O3S2. The van der Waals surface area contributed by atoms with E-state index in [0.29, 0.717) is 11.4 Å². The third kappa shape index (κ3) is 5.17. The Labute approximate surface area is 199 Å². The van der Waals surface area contributed by atoms with E-state index in [1.165, 1.54) is 5.56 Å². The molecule has 0 fully saturated rings. The van der Waals surface area contributed by atoms with E-state index < -0.39 is 15.9 Å². The lowest BCUT2D eigenvalue weighted by Crippen LogP contribution is -2.37. The topological polar surface area (TPSA) is 79.4 Å². The number of nitrogens with one attached hydrogen (secondary N) is 1. The Kier molecular flexibility index (Phi) is 6.32. The first kappa shape index (κ1) is 22.4. The van der Waals surface area contributed by atoms with Gasteiger partial charge in [-0.25, -0.2) is 13.4 Å². The molecule has 0 radical (unpaired) electrons. The minimum Gasteiger partial charge on any atom is -0.325 e. The van der Waals surface area contributed by atoms with Crippen LogP contribution in [0.1, 0.15) is 5.56 Å². The predicted molar refractivity (Wildman–Crippen MR) is 135 cm³/mol. The van der Waals surface area contributed by atoms with Crippen molar-refractivity contribution in [3.63, 3.8) is 0 Å². The summed E-state index contributed by atoms with van der Waals surface area (Å²) in [5, 5.41) is 3.67. The molecule has 0 unspecified atom stereocenters. The van der Waals surface area contributed by atoms with Crippen LogP contribution >= 0.6 is 27.3 Å². The molecule has 1 amide bonds. The molecule has 164 valence electrons. The molecule has 1 aromatic heterocycles. The summed E-state index contributed by atoms with van der Waals surface area (Å²) in [6.07, 6.45) is 1.08. The molecule has 0 saturated heterocycles. The quantitative estimate of drug-likeness (QED) is 0.360. The molecule has 4 aromatic rings. The Bertz CT molecular complexity index is 1400. The van der Waals surface area contributed by atoms with Crippen molar-refractivity contribution in [1.29, 1.82) is 0 Å². The van der Waals surface area contributed by atoms with E-state index in [2.05, 4.69) is 39.2 Å². The van der Waals surface area contributed by atoms with E-state index in [4.69, 9.17) is 0 Å². The zero-order chi connectivity index (χ0) is 22.9. The van der Waals surface area contributed by atoms with Crippen LogP contribution in [0.15, 0.2) is 71.2 Å². The second-order valence-corrected chi connectivity index (χ2v) is 11.2. The summed E-state index contributed by atoms with van der Waals surface area (Å²) < 4.78 is 27.4. The Balaban J connectivity index is 1.49. The molecule has 0 aliphatic rings. The van der Waals surface area contributed by atoms with Crippen molar-refractivity contribution < 1.29 is 13.2 Å². The van der Waals surface area contributed by atoms with Gasteiger partial charge in [-0.1, -0.05) is 28.1 Å².